The van der Waals surface area contributed by atoms with E-state index in [1.807, 2.05) is 36.4 Å². The summed E-state index contributed by atoms with van der Waals surface area (Å²) in [5, 5.41) is 5.91. The Morgan fingerprint density at radius 2 is 1.72 bits per heavy atom. The molecular weight excluding hydrogens is 314 g/mol. The molecule has 0 spiro atoms. The van der Waals surface area contributed by atoms with E-state index in [4.69, 9.17) is 4.74 Å². The molecule has 2 aromatic rings. The van der Waals surface area contributed by atoms with Crippen LogP contribution in [0, 0.1) is 0 Å². The second kappa shape index (κ2) is 9.20. The Bertz CT molecular complexity index is 670. The van der Waals surface area contributed by atoms with Crippen LogP contribution >= 0.6 is 0 Å². The lowest BCUT2D eigenvalue weighted by Crippen LogP contribution is -2.36. The summed E-state index contributed by atoms with van der Waals surface area (Å²) < 4.78 is 5.39. The summed E-state index contributed by atoms with van der Waals surface area (Å²) in [4.78, 5) is 14.5. The molecule has 0 bridgehead atoms. The van der Waals surface area contributed by atoms with Crippen molar-refractivity contribution in [1.82, 2.24) is 10.2 Å². The smallest absolute Gasteiger partial charge is 0.319 e. The van der Waals surface area contributed by atoms with E-state index in [0.29, 0.717) is 6.54 Å². The number of nitrogens with one attached hydrogen (secondary N) is 2. The van der Waals surface area contributed by atoms with E-state index in [1.54, 1.807) is 0 Å². The quantitative estimate of drug-likeness (QED) is 0.851. The van der Waals surface area contributed by atoms with Crippen LogP contribution in [-0.4, -0.2) is 43.8 Å². The number of urea groups is 1. The maximum atomic E-state index is 12.2. The SMILES string of the molecule is O=C(NCCc1ccccc1)Nc1ccccc1CN1CCOCC1. The average molecular weight is 339 g/mol. The summed E-state index contributed by atoms with van der Waals surface area (Å²) in [6.45, 7) is 4.84. The minimum atomic E-state index is -0.162. The zero-order valence-corrected chi connectivity index (χ0v) is 14.4. The number of hydrogen-bond donors (Lipinski definition) is 2. The summed E-state index contributed by atoms with van der Waals surface area (Å²) in [6, 6.07) is 18.0. The highest BCUT2D eigenvalue weighted by molar-refractivity contribution is 5.90. The van der Waals surface area contributed by atoms with E-state index in [-0.39, 0.29) is 6.03 Å². The number of anilines is 1. The molecule has 1 fully saturated rings. The van der Waals surface area contributed by atoms with Crippen molar-refractivity contribution in [2.45, 2.75) is 13.0 Å². The molecule has 3 rings (SSSR count). The number of morpholine rings is 1. The summed E-state index contributed by atoms with van der Waals surface area (Å²) in [6.07, 6.45) is 0.823. The van der Waals surface area contributed by atoms with Crippen molar-refractivity contribution in [3.05, 3.63) is 65.7 Å². The van der Waals surface area contributed by atoms with E-state index in [2.05, 4.69) is 33.7 Å². The molecule has 1 heterocycles. The van der Waals surface area contributed by atoms with Crippen molar-refractivity contribution in [3.63, 3.8) is 0 Å². The number of amides is 2. The van der Waals surface area contributed by atoms with Crippen LogP contribution in [0.15, 0.2) is 54.6 Å². The molecule has 0 aromatic heterocycles. The van der Waals surface area contributed by atoms with E-state index in [0.717, 1.165) is 50.5 Å². The number of carbonyl (C=O) groups is 1. The molecule has 1 aliphatic rings. The van der Waals surface area contributed by atoms with Crippen LogP contribution in [-0.2, 0) is 17.7 Å². The molecule has 1 aliphatic heterocycles. The van der Waals surface area contributed by atoms with Crippen molar-refractivity contribution in [2.24, 2.45) is 0 Å². The van der Waals surface area contributed by atoms with Gasteiger partial charge in [-0.15, -0.1) is 0 Å². The van der Waals surface area contributed by atoms with Crippen molar-refractivity contribution >= 4 is 11.7 Å². The first kappa shape index (κ1) is 17.5. The third-order valence-corrected chi connectivity index (χ3v) is 4.31. The van der Waals surface area contributed by atoms with E-state index in [9.17, 15) is 4.79 Å². The average Bonchev–Trinajstić information content (AvgIpc) is 2.65. The Morgan fingerprint density at radius 3 is 2.52 bits per heavy atom. The van der Waals surface area contributed by atoms with Gasteiger partial charge in [-0.3, -0.25) is 4.90 Å². The minimum Gasteiger partial charge on any atom is -0.379 e. The van der Waals surface area contributed by atoms with Crippen LogP contribution in [0.3, 0.4) is 0 Å². The van der Waals surface area contributed by atoms with Gasteiger partial charge >= 0.3 is 6.03 Å². The third-order valence-electron chi connectivity index (χ3n) is 4.31. The second-order valence-corrected chi connectivity index (χ2v) is 6.16. The molecule has 1 saturated heterocycles. The number of hydrogen-bond acceptors (Lipinski definition) is 3. The van der Waals surface area contributed by atoms with Gasteiger partial charge in [-0.25, -0.2) is 4.79 Å². The fourth-order valence-electron chi connectivity index (χ4n) is 2.91. The van der Waals surface area contributed by atoms with Gasteiger partial charge in [-0.05, 0) is 23.6 Å². The van der Waals surface area contributed by atoms with E-state index in [1.165, 1.54) is 5.56 Å². The third kappa shape index (κ3) is 5.59. The molecule has 2 N–H and O–H groups in total. The Kier molecular flexibility index (Phi) is 6.42. The zero-order valence-electron chi connectivity index (χ0n) is 14.4. The lowest BCUT2D eigenvalue weighted by atomic mass is 10.1. The lowest BCUT2D eigenvalue weighted by molar-refractivity contribution is 0.0343. The zero-order chi connectivity index (χ0) is 17.3. The normalized spacial score (nSPS) is 14.9. The molecule has 0 radical (unpaired) electrons. The maximum Gasteiger partial charge on any atom is 0.319 e. The number of benzene rings is 2. The minimum absolute atomic E-state index is 0.162. The summed E-state index contributed by atoms with van der Waals surface area (Å²) in [5.74, 6) is 0. The first-order valence-electron chi connectivity index (χ1n) is 8.78. The maximum absolute atomic E-state index is 12.2. The van der Waals surface area contributed by atoms with Crippen LogP contribution in [0.2, 0.25) is 0 Å². The van der Waals surface area contributed by atoms with Crippen molar-refractivity contribution in [3.8, 4) is 0 Å². The molecule has 0 unspecified atom stereocenters. The molecule has 5 heteroatoms. The first-order chi connectivity index (χ1) is 12.3. The molecule has 2 amide bonds. The van der Waals surface area contributed by atoms with Gasteiger partial charge in [-0.1, -0.05) is 48.5 Å². The molecule has 0 atom stereocenters. The second-order valence-electron chi connectivity index (χ2n) is 6.16. The van der Waals surface area contributed by atoms with Gasteiger partial charge in [0.05, 0.1) is 13.2 Å². The van der Waals surface area contributed by atoms with Gasteiger partial charge in [0.15, 0.2) is 0 Å². The molecule has 132 valence electrons. The van der Waals surface area contributed by atoms with Crippen LogP contribution in [0.25, 0.3) is 0 Å². The predicted molar refractivity (Wildman–Crippen MR) is 99.7 cm³/mol. The van der Waals surface area contributed by atoms with Crippen LogP contribution in [0.5, 0.6) is 0 Å². The van der Waals surface area contributed by atoms with Crippen LogP contribution < -0.4 is 10.6 Å². The number of carbonyl (C=O) groups excluding carboxylic acids is 1. The first-order valence-corrected chi connectivity index (χ1v) is 8.78. The van der Waals surface area contributed by atoms with Crippen molar-refractivity contribution < 1.29 is 9.53 Å². The van der Waals surface area contributed by atoms with E-state index >= 15 is 0 Å². The lowest BCUT2D eigenvalue weighted by Gasteiger charge is -2.27. The number of nitrogens with zero attached hydrogens (tertiary/aromatic N) is 1. The summed E-state index contributed by atoms with van der Waals surface area (Å²) in [7, 11) is 0. The van der Waals surface area contributed by atoms with Crippen molar-refractivity contribution in [2.75, 3.05) is 38.2 Å². The summed E-state index contributed by atoms with van der Waals surface area (Å²) >= 11 is 0. The highest BCUT2D eigenvalue weighted by atomic mass is 16.5. The number of ether oxygens (including phenoxy) is 1. The summed E-state index contributed by atoms with van der Waals surface area (Å²) in [5.41, 5.74) is 3.21. The fourth-order valence-corrected chi connectivity index (χ4v) is 2.91. The predicted octanol–water partition coefficient (Wildman–Crippen LogP) is 2.88. The number of para-hydroxylation sites is 1. The topological polar surface area (TPSA) is 53.6 Å². The standard InChI is InChI=1S/C20H25N3O2/c24-20(21-11-10-17-6-2-1-3-7-17)22-19-9-5-4-8-18(19)16-23-12-14-25-15-13-23/h1-9H,10-16H2,(H2,21,22,24). The largest absolute Gasteiger partial charge is 0.379 e. The molecule has 5 nitrogen and oxygen atoms in total. The van der Waals surface area contributed by atoms with Crippen molar-refractivity contribution in [1.29, 1.82) is 0 Å². The van der Waals surface area contributed by atoms with Crippen LogP contribution in [0.4, 0.5) is 10.5 Å². The fraction of sp³-hybridized carbons (Fsp3) is 0.350. The van der Waals surface area contributed by atoms with Gasteiger partial charge in [-0.2, -0.15) is 0 Å². The highest BCUT2D eigenvalue weighted by Crippen LogP contribution is 2.17. The van der Waals surface area contributed by atoms with Gasteiger partial charge < -0.3 is 15.4 Å². The monoisotopic (exact) mass is 339 g/mol. The molecule has 0 saturated carbocycles. The Balaban J connectivity index is 1.50. The molecule has 2 aromatic carbocycles. The van der Waals surface area contributed by atoms with Gasteiger partial charge in [0, 0.05) is 31.9 Å². The highest BCUT2D eigenvalue weighted by Gasteiger charge is 2.13. The Hall–Kier alpha value is -2.37. The van der Waals surface area contributed by atoms with Crippen LogP contribution in [0.1, 0.15) is 11.1 Å². The van der Waals surface area contributed by atoms with Gasteiger partial charge in [0.25, 0.3) is 0 Å². The Labute approximate surface area is 149 Å². The molecule has 25 heavy (non-hydrogen) atoms. The molecular formula is C20H25N3O2. The Morgan fingerprint density at radius 1 is 1.00 bits per heavy atom. The van der Waals surface area contributed by atoms with Gasteiger partial charge in [0.2, 0.25) is 0 Å². The number of rotatable bonds is 6. The molecule has 0 aliphatic carbocycles. The van der Waals surface area contributed by atoms with E-state index < -0.39 is 0 Å². The van der Waals surface area contributed by atoms with Gasteiger partial charge in [0.1, 0.15) is 0 Å².